The van der Waals surface area contributed by atoms with Gasteiger partial charge < -0.3 is 19.6 Å². The van der Waals surface area contributed by atoms with Crippen LogP contribution in [0.1, 0.15) is 19.8 Å². The number of para-hydroxylation sites is 1. The van der Waals surface area contributed by atoms with E-state index in [1.807, 2.05) is 12.1 Å². The predicted molar refractivity (Wildman–Crippen MR) is 143 cm³/mol. The number of likely N-dealkylation sites (N-methyl/N-ethyl adjacent to an activating group) is 1. The highest BCUT2D eigenvalue weighted by Gasteiger charge is 2.11. The summed E-state index contributed by atoms with van der Waals surface area (Å²) in [4.78, 5) is 4.44. The number of aliphatic hydroxyl groups is 1. The van der Waals surface area contributed by atoms with Gasteiger partial charge in [0.2, 0.25) is 0 Å². The van der Waals surface area contributed by atoms with E-state index in [-0.39, 0.29) is 6.61 Å². The molecule has 4 rings (SSSR count). The summed E-state index contributed by atoms with van der Waals surface area (Å²) in [7, 11) is 2.08. The lowest BCUT2D eigenvalue weighted by Gasteiger charge is -2.19. The largest absolute Gasteiger partial charge is 0.494 e. The molecule has 6 heteroatoms. The lowest BCUT2D eigenvalue weighted by Crippen LogP contribution is -2.27. The maximum Gasteiger partial charge on any atom is 0.120 e. The standard InChI is InChI=1S/C28H33N3O2S/c1-3-31(18-19-32)17-7-8-20-33-25-15-16-26-27(21-25)34-29-28(26)22-11-13-24(14-12-22)30(2)23-9-5-4-6-10-23/h4-6,9-16,21,32H,3,7-8,17-20H2,1-2H3. The first kappa shape index (κ1) is 24.2. The number of fused-ring (bicyclic) bond motifs is 1. The summed E-state index contributed by atoms with van der Waals surface area (Å²) < 4.78 is 11.9. The minimum atomic E-state index is 0.218. The van der Waals surface area contributed by atoms with Crippen molar-refractivity contribution in [3.05, 3.63) is 72.8 Å². The Kier molecular flexibility index (Phi) is 8.52. The van der Waals surface area contributed by atoms with Crippen LogP contribution in [0.4, 0.5) is 11.4 Å². The average Bonchev–Trinajstić information content (AvgIpc) is 3.31. The quantitative estimate of drug-likeness (QED) is 0.247. The summed E-state index contributed by atoms with van der Waals surface area (Å²) in [6, 6.07) is 25.2. The van der Waals surface area contributed by atoms with Gasteiger partial charge in [-0.25, -0.2) is 0 Å². The Morgan fingerprint density at radius 3 is 2.41 bits per heavy atom. The molecular weight excluding hydrogens is 442 g/mol. The van der Waals surface area contributed by atoms with E-state index in [2.05, 4.69) is 84.4 Å². The van der Waals surface area contributed by atoms with E-state index in [0.717, 1.165) is 70.9 Å². The Labute approximate surface area is 206 Å². The van der Waals surface area contributed by atoms with Crippen LogP contribution in [0.25, 0.3) is 21.3 Å². The second kappa shape index (κ2) is 12.0. The van der Waals surface area contributed by atoms with Crippen LogP contribution in [-0.2, 0) is 0 Å². The Morgan fingerprint density at radius 1 is 0.912 bits per heavy atom. The van der Waals surface area contributed by atoms with Gasteiger partial charge in [-0.2, -0.15) is 4.37 Å². The lowest BCUT2D eigenvalue weighted by molar-refractivity contribution is 0.195. The highest BCUT2D eigenvalue weighted by atomic mass is 32.1. The monoisotopic (exact) mass is 475 g/mol. The van der Waals surface area contributed by atoms with Gasteiger partial charge in [-0.3, -0.25) is 0 Å². The van der Waals surface area contributed by atoms with Gasteiger partial charge in [-0.1, -0.05) is 37.3 Å². The van der Waals surface area contributed by atoms with Crippen molar-refractivity contribution in [2.75, 3.05) is 44.8 Å². The van der Waals surface area contributed by atoms with Crippen molar-refractivity contribution in [3.63, 3.8) is 0 Å². The van der Waals surface area contributed by atoms with E-state index in [9.17, 15) is 0 Å². The van der Waals surface area contributed by atoms with Crippen molar-refractivity contribution in [1.29, 1.82) is 0 Å². The number of benzene rings is 3. The van der Waals surface area contributed by atoms with Crippen LogP contribution in [0.15, 0.2) is 72.8 Å². The number of anilines is 2. The minimum Gasteiger partial charge on any atom is -0.494 e. The van der Waals surface area contributed by atoms with Crippen molar-refractivity contribution in [1.82, 2.24) is 9.27 Å². The fraction of sp³-hybridized carbons (Fsp3) is 0.321. The molecule has 1 aromatic heterocycles. The van der Waals surface area contributed by atoms with E-state index in [4.69, 9.17) is 14.2 Å². The Hall–Kier alpha value is -2.93. The number of rotatable bonds is 12. The summed E-state index contributed by atoms with van der Waals surface area (Å²) in [5, 5.41) is 10.2. The zero-order valence-corrected chi connectivity index (χ0v) is 20.8. The van der Waals surface area contributed by atoms with Gasteiger partial charge in [-0.15, -0.1) is 0 Å². The molecule has 1 N–H and O–H groups in total. The molecule has 0 atom stereocenters. The third-order valence-corrected chi connectivity index (χ3v) is 6.92. The molecule has 0 bridgehead atoms. The molecule has 0 aliphatic carbocycles. The average molecular weight is 476 g/mol. The molecule has 3 aromatic carbocycles. The van der Waals surface area contributed by atoms with Crippen LogP contribution in [0.3, 0.4) is 0 Å². The fourth-order valence-corrected chi connectivity index (χ4v) is 4.88. The van der Waals surface area contributed by atoms with Gasteiger partial charge in [0.1, 0.15) is 5.75 Å². The summed E-state index contributed by atoms with van der Waals surface area (Å²) >= 11 is 1.52. The van der Waals surface area contributed by atoms with E-state index in [1.165, 1.54) is 11.5 Å². The first-order chi connectivity index (χ1) is 16.7. The topological polar surface area (TPSA) is 48.8 Å². The number of ether oxygens (including phenoxy) is 1. The van der Waals surface area contributed by atoms with Crippen LogP contribution in [0.5, 0.6) is 5.75 Å². The SMILES string of the molecule is CCN(CCO)CCCCOc1ccc2c(-c3ccc(N(C)c4ccccc4)cc3)nsc2c1. The molecule has 5 nitrogen and oxygen atoms in total. The van der Waals surface area contributed by atoms with Crippen molar-refractivity contribution >= 4 is 33.0 Å². The van der Waals surface area contributed by atoms with E-state index >= 15 is 0 Å². The second-order valence-corrected chi connectivity index (χ2v) is 9.15. The molecule has 4 aromatic rings. The van der Waals surface area contributed by atoms with Gasteiger partial charge in [-0.05, 0) is 79.9 Å². The molecule has 0 spiro atoms. The smallest absolute Gasteiger partial charge is 0.120 e. The van der Waals surface area contributed by atoms with Gasteiger partial charge >= 0.3 is 0 Å². The van der Waals surface area contributed by atoms with E-state index in [1.54, 1.807) is 0 Å². The number of aromatic nitrogens is 1. The highest BCUT2D eigenvalue weighted by molar-refractivity contribution is 7.13. The number of hydrogen-bond donors (Lipinski definition) is 1. The second-order valence-electron chi connectivity index (χ2n) is 8.34. The molecule has 0 saturated heterocycles. The number of hydrogen-bond acceptors (Lipinski definition) is 6. The molecular formula is C28H33N3O2S. The van der Waals surface area contributed by atoms with E-state index in [0.29, 0.717) is 6.61 Å². The molecule has 0 radical (unpaired) electrons. The van der Waals surface area contributed by atoms with Crippen LogP contribution in [0, 0.1) is 0 Å². The van der Waals surface area contributed by atoms with Crippen LogP contribution < -0.4 is 9.64 Å². The number of unbranched alkanes of at least 4 members (excludes halogenated alkanes) is 1. The molecule has 0 saturated carbocycles. The first-order valence-corrected chi connectivity index (χ1v) is 12.7. The van der Waals surface area contributed by atoms with Crippen molar-refractivity contribution in [2.24, 2.45) is 0 Å². The van der Waals surface area contributed by atoms with Crippen molar-refractivity contribution in [3.8, 4) is 17.0 Å². The predicted octanol–water partition coefficient (Wildman–Crippen LogP) is 6.20. The molecule has 178 valence electrons. The zero-order chi connectivity index (χ0) is 23.8. The molecule has 0 fully saturated rings. The molecule has 0 amide bonds. The normalized spacial score (nSPS) is 11.3. The van der Waals surface area contributed by atoms with Crippen molar-refractivity contribution < 1.29 is 9.84 Å². The maximum atomic E-state index is 9.08. The molecule has 0 aliphatic rings. The van der Waals surface area contributed by atoms with Gasteiger partial charge in [0.25, 0.3) is 0 Å². The Bertz CT molecular complexity index is 1160. The molecule has 0 unspecified atom stereocenters. The Balaban J connectivity index is 1.36. The summed E-state index contributed by atoms with van der Waals surface area (Å²) in [6.07, 6.45) is 2.06. The fourth-order valence-electron chi connectivity index (χ4n) is 4.06. The zero-order valence-electron chi connectivity index (χ0n) is 20.0. The van der Waals surface area contributed by atoms with E-state index < -0.39 is 0 Å². The van der Waals surface area contributed by atoms with Gasteiger partial charge in [0, 0.05) is 35.9 Å². The van der Waals surface area contributed by atoms with Crippen LogP contribution in [0.2, 0.25) is 0 Å². The Morgan fingerprint density at radius 2 is 1.68 bits per heavy atom. The number of aliphatic hydroxyl groups excluding tert-OH is 1. The minimum absolute atomic E-state index is 0.218. The summed E-state index contributed by atoms with van der Waals surface area (Å²) in [5.41, 5.74) is 4.44. The van der Waals surface area contributed by atoms with Crippen LogP contribution >= 0.6 is 11.5 Å². The highest BCUT2D eigenvalue weighted by Crippen LogP contribution is 2.34. The summed E-state index contributed by atoms with van der Waals surface area (Å²) in [6.45, 7) is 5.76. The van der Waals surface area contributed by atoms with Crippen LogP contribution in [-0.4, -0.2) is 54.3 Å². The van der Waals surface area contributed by atoms with Gasteiger partial charge in [0.05, 0.1) is 23.6 Å². The maximum absolute atomic E-state index is 9.08. The third kappa shape index (κ3) is 5.95. The van der Waals surface area contributed by atoms with Crippen molar-refractivity contribution in [2.45, 2.75) is 19.8 Å². The number of nitrogens with zero attached hydrogens (tertiary/aromatic N) is 3. The first-order valence-electron chi connectivity index (χ1n) is 11.9. The molecule has 1 heterocycles. The third-order valence-electron chi connectivity index (χ3n) is 6.12. The summed E-state index contributed by atoms with van der Waals surface area (Å²) in [5.74, 6) is 0.894. The lowest BCUT2D eigenvalue weighted by atomic mass is 10.1. The molecule has 34 heavy (non-hydrogen) atoms. The molecule has 0 aliphatic heterocycles. The van der Waals surface area contributed by atoms with Gasteiger partial charge in [0.15, 0.2) is 0 Å².